The van der Waals surface area contributed by atoms with Crippen molar-refractivity contribution < 1.29 is 23.1 Å². The Hall–Kier alpha value is -2.76. The summed E-state index contributed by atoms with van der Waals surface area (Å²) in [5.74, 6) is -3.84. The first-order valence-electron chi connectivity index (χ1n) is 8.03. The van der Waals surface area contributed by atoms with E-state index in [1.807, 2.05) is 12.1 Å². The normalized spacial score (nSPS) is 13.9. The molecule has 4 nitrogen and oxygen atoms in total. The molecule has 0 bridgehead atoms. The molecular formula is C19H17F2NO3. The summed E-state index contributed by atoms with van der Waals surface area (Å²) in [6, 6.07) is 8.69. The van der Waals surface area contributed by atoms with Crippen LogP contribution >= 0.6 is 0 Å². The maximum atomic E-state index is 13.6. The van der Waals surface area contributed by atoms with Gasteiger partial charge in [0.05, 0.1) is 0 Å². The number of ether oxygens (including phenoxy) is 1. The molecule has 0 aliphatic heterocycles. The second-order valence-electron chi connectivity index (χ2n) is 5.97. The van der Waals surface area contributed by atoms with Gasteiger partial charge in [0.1, 0.15) is 17.2 Å². The monoisotopic (exact) mass is 345 g/mol. The second-order valence-corrected chi connectivity index (χ2v) is 5.97. The number of hydrogen-bond donors (Lipinski definition) is 1. The van der Waals surface area contributed by atoms with Crippen LogP contribution in [0.2, 0.25) is 0 Å². The van der Waals surface area contributed by atoms with E-state index in [2.05, 4.69) is 5.32 Å². The van der Waals surface area contributed by atoms with Crippen LogP contribution in [0.25, 0.3) is 0 Å². The van der Waals surface area contributed by atoms with E-state index in [1.165, 1.54) is 18.1 Å². The molecule has 3 rings (SSSR count). The molecule has 0 radical (unpaired) electrons. The standard InChI is InChI=1S/C19H17F2NO3/c1-11(25-19(24)17-15(20)6-3-7-16(17)21)18(23)22-14-9-8-12-4-2-5-13(12)10-14/h3,6-11H,2,4-5H2,1H3,(H,22,23). The van der Waals surface area contributed by atoms with Gasteiger partial charge in [-0.3, -0.25) is 4.79 Å². The van der Waals surface area contributed by atoms with E-state index in [-0.39, 0.29) is 0 Å². The Kier molecular flexibility index (Phi) is 4.79. The largest absolute Gasteiger partial charge is 0.449 e. The van der Waals surface area contributed by atoms with Crippen molar-refractivity contribution in [3.63, 3.8) is 0 Å². The molecule has 0 spiro atoms. The van der Waals surface area contributed by atoms with Crippen LogP contribution in [0.3, 0.4) is 0 Å². The molecule has 2 aromatic rings. The summed E-state index contributed by atoms with van der Waals surface area (Å²) in [5.41, 5.74) is 2.26. The fourth-order valence-electron chi connectivity index (χ4n) is 2.86. The third-order valence-corrected chi connectivity index (χ3v) is 4.19. The lowest BCUT2D eigenvalue weighted by atomic mass is 10.1. The molecule has 0 aromatic heterocycles. The summed E-state index contributed by atoms with van der Waals surface area (Å²) >= 11 is 0. The number of anilines is 1. The van der Waals surface area contributed by atoms with Gasteiger partial charge in [-0.05, 0) is 61.6 Å². The third-order valence-electron chi connectivity index (χ3n) is 4.19. The Balaban J connectivity index is 1.65. The smallest absolute Gasteiger partial charge is 0.344 e. The highest BCUT2D eigenvalue weighted by atomic mass is 19.1. The molecule has 6 heteroatoms. The van der Waals surface area contributed by atoms with Crippen LogP contribution in [-0.2, 0) is 22.4 Å². The predicted molar refractivity (Wildman–Crippen MR) is 88.3 cm³/mol. The minimum atomic E-state index is -1.22. The van der Waals surface area contributed by atoms with Gasteiger partial charge in [-0.1, -0.05) is 12.1 Å². The molecule has 0 saturated heterocycles. The SMILES string of the molecule is CC(OC(=O)c1c(F)cccc1F)C(=O)Nc1ccc2c(c1)CCC2. The van der Waals surface area contributed by atoms with Crippen molar-refractivity contribution in [3.8, 4) is 0 Å². The van der Waals surface area contributed by atoms with Crippen molar-refractivity contribution in [1.82, 2.24) is 0 Å². The van der Waals surface area contributed by atoms with Gasteiger partial charge in [-0.25, -0.2) is 13.6 Å². The van der Waals surface area contributed by atoms with E-state index >= 15 is 0 Å². The maximum Gasteiger partial charge on any atom is 0.344 e. The molecule has 1 N–H and O–H groups in total. The molecule has 1 unspecified atom stereocenters. The lowest BCUT2D eigenvalue weighted by Crippen LogP contribution is -2.30. The van der Waals surface area contributed by atoms with Crippen molar-refractivity contribution in [3.05, 3.63) is 64.7 Å². The Bertz CT molecular complexity index is 815. The van der Waals surface area contributed by atoms with Gasteiger partial charge in [0.15, 0.2) is 6.10 Å². The average molecular weight is 345 g/mol. The zero-order valence-electron chi connectivity index (χ0n) is 13.6. The first-order valence-corrected chi connectivity index (χ1v) is 8.03. The van der Waals surface area contributed by atoms with Gasteiger partial charge in [0, 0.05) is 5.69 Å². The summed E-state index contributed by atoms with van der Waals surface area (Å²) in [4.78, 5) is 24.1. The van der Waals surface area contributed by atoms with Gasteiger partial charge in [0.2, 0.25) is 0 Å². The number of rotatable bonds is 4. The first kappa shape index (κ1) is 17.1. The predicted octanol–water partition coefficient (Wildman–Crippen LogP) is 3.64. The van der Waals surface area contributed by atoms with Crippen LogP contribution in [0.4, 0.5) is 14.5 Å². The Morgan fingerprint density at radius 2 is 1.76 bits per heavy atom. The van der Waals surface area contributed by atoms with Gasteiger partial charge in [0.25, 0.3) is 5.91 Å². The summed E-state index contributed by atoms with van der Waals surface area (Å²) in [5, 5.41) is 2.65. The lowest BCUT2D eigenvalue weighted by molar-refractivity contribution is -0.123. The van der Waals surface area contributed by atoms with E-state index in [9.17, 15) is 18.4 Å². The Morgan fingerprint density at radius 3 is 2.48 bits per heavy atom. The van der Waals surface area contributed by atoms with Crippen LogP contribution in [-0.4, -0.2) is 18.0 Å². The number of fused-ring (bicyclic) bond motifs is 1. The summed E-state index contributed by atoms with van der Waals surface area (Å²) in [6.45, 7) is 1.35. The molecule has 1 aliphatic rings. The zero-order valence-corrected chi connectivity index (χ0v) is 13.6. The number of benzene rings is 2. The Morgan fingerprint density at radius 1 is 1.08 bits per heavy atom. The minimum absolute atomic E-state index is 0.567. The van der Waals surface area contributed by atoms with Gasteiger partial charge in [-0.2, -0.15) is 0 Å². The number of carbonyl (C=O) groups is 2. The van der Waals surface area contributed by atoms with Crippen LogP contribution < -0.4 is 5.32 Å². The molecule has 1 aliphatic carbocycles. The highest BCUT2D eigenvalue weighted by Crippen LogP contribution is 2.25. The van der Waals surface area contributed by atoms with Gasteiger partial charge in [-0.15, -0.1) is 0 Å². The molecule has 2 aromatic carbocycles. The number of hydrogen-bond acceptors (Lipinski definition) is 3. The van der Waals surface area contributed by atoms with Gasteiger partial charge >= 0.3 is 5.97 Å². The van der Waals surface area contributed by atoms with Gasteiger partial charge < -0.3 is 10.1 Å². The molecular weight excluding hydrogens is 328 g/mol. The first-order chi connectivity index (χ1) is 12.0. The number of aryl methyl sites for hydroxylation is 2. The fourth-order valence-corrected chi connectivity index (χ4v) is 2.86. The summed E-state index contributed by atoms with van der Waals surface area (Å²) in [6.07, 6.45) is 1.90. The summed E-state index contributed by atoms with van der Waals surface area (Å²) < 4.78 is 32.1. The fraction of sp³-hybridized carbons (Fsp3) is 0.263. The molecule has 130 valence electrons. The average Bonchev–Trinajstić information content (AvgIpc) is 3.02. The van der Waals surface area contributed by atoms with Crippen molar-refractivity contribution in [1.29, 1.82) is 0 Å². The number of amides is 1. The van der Waals surface area contributed by atoms with Crippen molar-refractivity contribution in [2.24, 2.45) is 0 Å². The molecule has 1 atom stereocenters. The highest BCUT2D eigenvalue weighted by Gasteiger charge is 2.24. The molecule has 0 fully saturated rings. The number of halogens is 2. The molecule has 25 heavy (non-hydrogen) atoms. The lowest BCUT2D eigenvalue weighted by Gasteiger charge is -2.14. The quantitative estimate of drug-likeness (QED) is 0.861. The van der Waals surface area contributed by atoms with Crippen molar-refractivity contribution in [2.45, 2.75) is 32.3 Å². The van der Waals surface area contributed by atoms with Crippen LogP contribution in [0.15, 0.2) is 36.4 Å². The summed E-state index contributed by atoms with van der Waals surface area (Å²) in [7, 11) is 0. The van der Waals surface area contributed by atoms with Crippen LogP contribution in [0.1, 0.15) is 34.8 Å². The number of esters is 1. The van der Waals surface area contributed by atoms with Crippen molar-refractivity contribution >= 4 is 17.6 Å². The van der Waals surface area contributed by atoms with E-state index in [0.29, 0.717) is 5.69 Å². The molecule has 1 amide bonds. The van der Waals surface area contributed by atoms with Crippen LogP contribution in [0.5, 0.6) is 0 Å². The second kappa shape index (κ2) is 7.01. The Labute approximate surface area is 143 Å². The van der Waals surface area contributed by atoms with Crippen LogP contribution in [0, 0.1) is 11.6 Å². The zero-order chi connectivity index (χ0) is 18.0. The maximum absolute atomic E-state index is 13.6. The molecule has 0 saturated carbocycles. The highest BCUT2D eigenvalue weighted by molar-refractivity contribution is 5.97. The van der Waals surface area contributed by atoms with E-state index < -0.39 is 35.2 Å². The molecule has 0 heterocycles. The number of carbonyl (C=O) groups excluding carboxylic acids is 2. The topological polar surface area (TPSA) is 55.4 Å². The van der Waals surface area contributed by atoms with E-state index in [0.717, 1.165) is 37.5 Å². The van der Waals surface area contributed by atoms with E-state index in [4.69, 9.17) is 4.74 Å². The van der Waals surface area contributed by atoms with Crippen molar-refractivity contribution in [2.75, 3.05) is 5.32 Å². The third kappa shape index (κ3) is 3.68. The number of nitrogens with one attached hydrogen (secondary N) is 1. The minimum Gasteiger partial charge on any atom is -0.449 e. The van der Waals surface area contributed by atoms with E-state index in [1.54, 1.807) is 6.07 Å².